The number of thioether (sulfide) groups is 1. The lowest BCUT2D eigenvalue weighted by Crippen LogP contribution is -2.30. The molecule has 1 amide bonds. The highest BCUT2D eigenvalue weighted by Gasteiger charge is 2.21. The number of benzene rings is 4. The molecule has 0 aliphatic carbocycles. The highest BCUT2D eigenvalue weighted by Crippen LogP contribution is 2.32. The molecule has 0 aliphatic heterocycles. The molecule has 37 heavy (non-hydrogen) atoms. The lowest BCUT2D eigenvalue weighted by molar-refractivity contribution is -0.119. The third-order valence-corrected chi connectivity index (χ3v) is 6.82. The van der Waals surface area contributed by atoms with Gasteiger partial charge in [0.15, 0.2) is 11.0 Å². The van der Waals surface area contributed by atoms with E-state index < -0.39 is 0 Å². The number of amides is 1. The number of carbonyl (C=O) groups is 1. The first kappa shape index (κ1) is 24.3. The summed E-state index contributed by atoms with van der Waals surface area (Å²) in [7, 11) is 1.64. The predicted molar refractivity (Wildman–Crippen MR) is 147 cm³/mol. The summed E-state index contributed by atoms with van der Waals surface area (Å²) in [6, 6.07) is 37.3. The number of methoxy groups -OCH3 is 1. The molecule has 1 heterocycles. The molecule has 6 nitrogen and oxygen atoms in total. The minimum absolute atomic E-state index is 0.0986. The Morgan fingerprint density at radius 3 is 2.00 bits per heavy atom. The molecule has 0 aliphatic rings. The Kier molecular flexibility index (Phi) is 7.62. The summed E-state index contributed by atoms with van der Waals surface area (Å²) in [5.74, 6) is 1.45. The number of ether oxygens (including phenoxy) is 1. The molecule has 0 bridgehead atoms. The number of nitrogens with one attached hydrogen (secondary N) is 1. The van der Waals surface area contributed by atoms with Crippen LogP contribution in [0.15, 0.2) is 120 Å². The van der Waals surface area contributed by atoms with Crippen LogP contribution < -0.4 is 10.1 Å². The molecular weight excluding hydrogens is 480 g/mol. The molecule has 1 N–H and O–H groups in total. The van der Waals surface area contributed by atoms with Crippen LogP contribution in [0.5, 0.6) is 5.75 Å². The van der Waals surface area contributed by atoms with Crippen LogP contribution >= 0.6 is 11.8 Å². The summed E-state index contributed by atoms with van der Waals surface area (Å²) in [5, 5.41) is 12.7. The van der Waals surface area contributed by atoms with Crippen molar-refractivity contribution in [2.75, 3.05) is 12.9 Å². The second kappa shape index (κ2) is 11.6. The molecule has 4 aromatic carbocycles. The maximum atomic E-state index is 13.2. The fourth-order valence-corrected chi connectivity index (χ4v) is 4.91. The first-order chi connectivity index (χ1) is 18.2. The van der Waals surface area contributed by atoms with Gasteiger partial charge in [-0.1, -0.05) is 115 Å². The minimum atomic E-state index is -0.248. The van der Waals surface area contributed by atoms with E-state index in [1.54, 1.807) is 7.11 Å². The van der Waals surface area contributed by atoms with Crippen LogP contribution in [0.3, 0.4) is 0 Å². The smallest absolute Gasteiger partial charge is 0.231 e. The van der Waals surface area contributed by atoms with Crippen molar-refractivity contribution in [2.24, 2.45) is 0 Å². The summed E-state index contributed by atoms with van der Waals surface area (Å²) in [4.78, 5) is 13.2. The molecule has 184 valence electrons. The molecule has 1 aromatic heterocycles. The van der Waals surface area contributed by atoms with Gasteiger partial charge in [0.2, 0.25) is 5.91 Å². The lowest BCUT2D eigenvalue weighted by Gasteiger charge is -2.20. The van der Waals surface area contributed by atoms with E-state index in [1.807, 2.05) is 120 Å². The summed E-state index contributed by atoms with van der Waals surface area (Å²) in [6.07, 6.45) is 0. The molecule has 0 radical (unpaired) electrons. The number of carbonyl (C=O) groups excluding carboxylic acids is 1. The van der Waals surface area contributed by atoms with Gasteiger partial charge < -0.3 is 10.1 Å². The van der Waals surface area contributed by atoms with Crippen molar-refractivity contribution in [2.45, 2.75) is 11.2 Å². The zero-order valence-corrected chi connectivity index (χ0v) is 21.1. The van der Waals surface area contributed by atoms with Crippen LogP contribution in [0.4, 0.5) is 0 Å². The number of para-hydroxylation sites is 2. The Labute approximate surface area is 220 Å². The average Bonchev–Trinajstić information content (AvgIpc) is 3.40. The van der Waals surface area contributed by atoms with Crippen LogP contribution in [0.2, 0.25) is 0 Å². The molecule has 0 spiro atoms. The fourth-order valence-electron chi connectivity index (χ4n) is 4.15. The van der Waals surface area contributed by atoms with E-state index in [-0.39, 0.29) is 17.7 Å². The standard InChI is InChI=1S/C30H26N4O2S/c1-36-26-20-12-11-19-25(26)34-29(24-17-9-4-10-18-24)32-33-30(34)37-21-27(35)31-28(22-13-5-2-6-14-22)23-15-7-3-8-16-23/h2-20,28H,21H2,1H3,(H,31,35). The molecule has 5 aromatic rings. The summed E-state index contributed by atoms with van der Waals surface area (Å²) < 4.78 is 7.57. The molecule has 0 atom stereocenters. The van der Waals surface area contributed by atoms with Crippen molar-refractivity contribution < 1.29 is 9.53 Å². The zero-order chi connectivity index (χ0) is 25.5. The van der Waals surface area contributed by atoms with Gasteiger partial charge in [0.1, 0.15) is 5.75 Å². The van der Waals surface area contributed by atoms with E-state index in [2.05, 4.69) is 15.5 Å². The SMILES string of the molecule is COc1ccccc1-n1c(SCC(=O)NC(c2ccccc2)c2ccccc2)nnc1-c1ccccc1. The summed E-state index contributed by atoms with van der Waals surface area (Å²) in [6.45, 7) is 0. The Bertz CT molecular complexity index is 1420. The minimum Gasteiger partial charge on any atom is -0.495 e. The van der Waals surface area contributed by atoms with Gasteiger partial charge in [-0.05, 0) is 23.3 Å². The largest absolute Gasteiger partial charge is 0.495 e. The van der Waals surface area contributed by atoms with Gasteiger partial charge >= 0.3 is 0 Å². The highest BCUT2D eigenvalue weighted by molar-refractivity contribution is 7.99. The van der Waals surface area contributed by atoms with Crippen LogP contribution in [-0.2, 0) is 4.79 Å². The van der Waals surface area contributed by atoms with Crippen LogP contribution in [0.25, 0.3) is 17.1 Å². The summed E-state index contributed by atoms with van der Waals surface area (Å²) in [5.41, 5.74) is 3.78. The van der Waals surface area contributed by atoms with Gasteiger partial charge in [0.05, 0.1) is 24.6 Å². The third kappa shape index (κ3) is 5.57. The van der Waals surface area contributed by atoms with Crippen molar-refractivity contribution in [3.8, 4) is 22.8 Å². The number of rotatable bonds is 9. The third-order valence-electron chi connectivity index (χ3n) is 5.89. The summed E-state index contributed by atoms with van der Waals surface area (Å²) >= 11 is 1.34. The number of hydrogen-bond donors (Lipinski definition) is 1. The first-order valence-electron chi connectivity index (χ1n) is 11.9. The first-order valence-corrected chi connectivity index (χ1v) is 12.9. The lowest BCUT2D eigenvalue weighted by atomic mass is 9.99. The Hall–Kier alpha value is -4.36. The number of aromatic nitrogens is 3. The monoisotopic (exact) mass is 506 g/mol. The van der Waals surface area contributed by atoms with Gasteiger partial charge in [-0.15, -0.1) is 10.2 Å². The van der Waals surface area contributed by atoms with E-state index >= 15 is 0 Å². The van der Waals surface area contributed by atoms with Crippen LogP contribution in [0, 0.1) is 0 Å². The molecule has 0 saturated carbocycles. The highest BCUT2D eigenvalue weighted by atomic mass is 32.2. The second-order valence-electron chi connectivity index (χ2n) is 8.29. The van der Waals surface area contributed by atoms with Crippen molar-refractivity contribution in [1.29, 1.82) is 0 Å². The zero-order valence-electron chi connectivity index (χ0n) is 20.3. The molecule has 7 heteroatoms. The molecular formula is C30H26N4O2S. The molecule has 5 rings (SSSR count). The quantitative estimate of drug-likeness (QED) is 0.251. The Morgan fingerprint density at radius 2 is 1.38 bits per heavy atom. The second-order valence-corrected chi connectivity index (χ2v) is 9.23. The fraction of sp³-hybridized carbons (Fsp3) is 0.100. The van der Waals surface area contributed by atoms with Gasteiger partial charge in [0, 0.05) is 5.56 Å². The topological polar surface area (TPSA) is 69.0 Å². The Morgan fingerprint density at radius 1 is 0.811 bits per heavy atom. The van der Waals surface area contributed by atoms with E-state index in [9.17, 15) is 4.79 Å². The molecule has 0 unspecified atom stereocenters. The van der Waals surface area contributed by atoms with Gasteiger partial charge in [-0.2, -0.15) is 0 Å². The van der Waals surface area contributed by atoms with Crippen LogP contribution in [0.1, 0.15) is 17.2 Å². The van der Waals surface area contributed by atoms with Crippen molar-refractivity contribution in [3.05, 3.63) is 126 Å². The van der Waals surface area contributed by atoms with Gasteiger partial charge in [-0.25, -0.2) is 0 Å². The molecule has 0 saturated heterocycles. The van der Waals surface area contributed by atoms with Crippen molar-refractivity contribution in [3.63, 3.8) is 0 Å². The van der Waals surface area contributed by atoms with E-state index in [1.165, 1.54) is 11.8 Å². The Balaban J connectivity index is 1.42. The van der Waals surface area contributed by atoms with E-state index in [0.29, 0.717) is 16.7 Å². The molecule has 0 fully saturated rings. The van der Waals surface area contributed by atoms with Gasteiger partial charge in [-0.3, -0.25) is 9.36 Å². The maximum absolute atomic E-state index is 13.2. The van der Waals surface area contributed by atoms with E-state index in [4.69, 9.17) is 4.74 Å². The predicted octanol–water partition coefficient (Wildman–Crippen LogP) is 5.94. The van der Waals surface area contributed by atoms with Crippen molar-refractivity contribution >= 4 is 17.7 Å². The van der Waals surface area contributed by atoms with Gasteiger partial charge in [0.25, 0.3) is 0 Å². The van der Waals surface area contributed by atoms with Crippen LogP contribution in [-0.4, -0.2) is 33.5 Å². The van der Waals surface area contributed by atoms with Crippen molar-refractivity contribution in [1.82, 2.24) is 20.1 Å². The number of hydrogen-bond acceptors (Lipinski definition) is 5. The average molecular weight is 507 g/mol. The maximum Gasteiger partial charge on any atom is 0.231 e. The number of nitrogens with zero attached hydrogens (tertiary/aromatic N) is 3. The normalized spacial score (nSPS) is 10.9. The van der Waals surface area contributed by atoms with E-state index in [0.717, 1.165) is 22.4 Å².